The number of ether oxygens (including phenoxy) is 1. The smallest absolute Gasteiger partial charge is 0.354 e. The summed E-state index contributed by atoms with van der Waals surface area (Å²) in [6.07, 6.45) is 2.46. The molecule has 0 atom stereocenters. The number of furan rings is 1. The summed E-state index contributed by atoms with van der Waals surface area (Å²) in [7, 11) is 0. The van der Waals surface area contributed by atoms with Gasteiger partial charge < -0.3 is 14.1 Å². The Balaban J connectivity index is 1.97. The molecule has 0 saturated carbocycles. The lowest BCUT2D eigenvalue weighted by molar-refractivity contribution is 0.0482. The topological polar surface area (TPSA) is 55.2 Å². The van der Waals surface area contributed by atoms with Gasteiger partial charge in [0.2, 0.25) is 0 Å². The van der Waals surface area contributed by atoms with Crippen molar-refractivity contribution < 1.29 is 13.9 Å². The van der Waals surface area contributed by atoms with E-state index < -0.39 is 0 Å². The van der Waals surface area contributed by atoms with Gasteiger partial charge in [-0.25, -0.2) is 4.79 Å². The first-order valence-electron chi connectivity index (χ1n) is 5.40. The minimum atomic E-state index is -0.327. The fraction of sp³-hybridized carbons (Fsp3) is 0.417. The predicted molar refractivity (Wildman–Crippen MR) is 60.3 cm³/mol. The molecule has 0 fully saturated rings. The van der Waals surface area contributed by atoms with Crippen LogP contribution in [0, 0.1) is 5.92 Å². The molecule has 2 rings (SSSR count). The van der Waals surface area contributed by atoms with Gasteiger partial charge in [0.25, 0.3) is 0 Å². The summed E-state index contributed by atoms with van der Waals surface area (Å²) >= 11 is 0. The summed E-state index contributed by atoms with van der Waals surface area (Å²) in [5.41, 5.74) is 1.93. The fourth-order valence-corrected chi connectivity index (χ4v) is 1.42. The second kappa shape index (κ2) is 4.43. The van der Waals surface area contributed by atoms with Gasteiger partial charge in [0.1, 0.15) is 5.69 Å². The first kappa shape index (κ1) is 10.8. The van der Waals surface area contributed by atoms with Gasteiger partial charge in [-0.1, -0.05) is 13.8 Å². The van der Waals surface area contributed by atoms with Crippen molar-refractivity contribution in [3.8, 4) is 0 Å². The first-order chi connectivity index (χ1) is 7.66. The maximum absolute atomic E-state index is 11.6. The van der Waals surface area contributed by atoms with Crippen molar-refractivity contribution in [3.63, 3.8) is 0 Å². The van der Waals surface area contributed by atoms with Crippen LogP contribution < -0.4 is 0 Å². The van der Waals surface area contributed by atoms with Crippen LogP contribution in [0.4, 0.5) is 0 Å². The third kappa shape index (κ3) is 2.27. The number of rotatable bonds is 4. The van der Waals surface area contributed by atoms with Crippen molar-refractivity contribution in [2.24, 2.45) is 5.92 Å². The number of aromatic nitrogens is 1. The average Bonchev–Trinajstić information content (AvgIpc) is 2.75. The van der Waals surface area contributed by atoms with Crippen LogP contribution >= 0.6 is 0 Å². The Morgan fingerprint density at radius 2 is 2.38 bits per heavy atom. The van der Waals surface area contributed by atoms with E-state index in [0.29, 0.717) is 23.8 Å². The highest BCUT2D eigenvalue weighted by Gasteiger charge is 2.12. The highest BCUT2D eigenvalue weighted by molar-refractivity contribution is 5.93. The molecule has 0 aliphatic rings. The van der Waals surface area contributed by atoms with Gasteiger partial charge in [-0.05, 0) is 12.3 Å². The van der Waals surface area contributed by atoms with Gasteiger partial charge in [0, 0.05) is 12.1 Å². The number of hydrogen-bond donors (Lipinski definition) is 1. The number of esters is 1. The molecule has 0 saturated heterocycles. The van der Waals surface area contributed by atoms with Crippen molar-refractivity contribution in [1.82, 2.24) is 4.98 Å². The Labute approximate surface area is 93.6 Å². The van der Waals surface area contributed by atoms with Gasteiger partial charge >= 0.3 is 5.97 Å². The van der Waals surface area contributed by atoms with E-state index in [9.17, 15) is 4.79 Å². The van der Waals surface area contributed by atoms with Crippen LogP contribution in [-0.4, -0.2) is 17.6 Å². The molecule has 0 aliphatic carbocycles. The Morgan fingerprint density at radius 3 is 3.06 bits per heavy atom. The molecule has 0 aliphatic heterocycles. The number of carbonyl (C=O) groups is 1. The van der Waals surface area contributed by atoms with Crippen LogP contribution in [0.1, 0.15) is 30.8 Å². The SMILES string of the molecule is CC(C)CCOC(=O)c1cc2occc2[nH]1. The van der Waals surface area contributed by atoms with E-state index in [-0.39, 0.29) is 5.97 Å². The number of aromatic amines is 1. The Morgan fingerprint density at radius 1 is 1.56 bits per heavy atom. The van der Waals surface area contributed by atoms with E-state index >= 15 is 0 Å². The molecular weight excluding hydrogens is 206 g/mol. The van der Waals surface area contributed by atoms with Crippen molar-refractivity contribution in [1.29, 1.82) is 0 Å². The summed E-state index contributed by atoms with van der Waals surface area (Å²) in [4.78, 5) is 14.5. The lowest BCUT2D eigenvalue weighted by atomic mass is 10.1. The molecule has 0 spiro atoms. The molecule has 2 aromatic heterocycles. The number of carbonyl (C=O) groups excluding carboxylic acids is 1. The summed E-state index contributed by atoms with van der Waals surface area (Å²) in [5, 5.41) is 0. The van der Waals surface area contributed by atoms with E-state index in [4.69, 9.17) is 9.15 Å². The lowest BCUT2D eigenvalue weighted by Crippen LogP contribution is -2.08. The molecule has 4 heteroatoms. The maximum atomic E-state index is 11.6. The normalized spacial score (nSPS) is 11.2. The molecule has 0 amide bonds. The maximum Gasteiger partial charge on any atom is 0.354 e. The van der Waals surface area contributed by atoms with Crippen LogP contribution in [0.25, 0.3) is 11.1 Å². The number of H-pyrrole nitrogens is 1. The molecule has 0 aromatic carbocycles. The van der Waals surface area contributed by atoms with Crippen LogP contribution in [0.3, 0.4) is 0 Å². The van der Waals surface area contributed by atoms with E-state index in [2.05, 4.69) is 18.8 Å². The minimum Gasteiger partial charge on any atom is -0.463 e. The molecule has 0 bridgehead atoms. The van der Waals surface area contributed by atoms with Crippen LogP contribution in [0.5, 0.6) is 0 Å². The second-order valence-electron chi connectivity index (χ2n) is 4.20. The van der Waals surface area contributed by atoms with Crippen molar-refractivity contribution in [3.05, 3.63) is 24.1 Å². The highest BCUT2D eigenvalue weighted by atomic mass is 16.5. The second-order valence-corrected chi connectivity index (χ2v) is 4.20. The molecule has 4 nitrogen and oxygen atoms in total. The molecule has 0 radical (unpaired) electrons. The third-order valence-electron chi connectivity index (χ3n) is 2.39. The highest BCUT2D eigenvalue weighted by Crippen LogP contribution is 2.16. The molecule has 2 aromatic rings. The summed E-state index contributed by atoms with van der Waals surface area (Å²) in [5.74, 6) is 0.208. The summed E-state index contributed by atoms with van der Waals surface area (Å²) in [6.45, 7) is 4.64. The minimum absolute atomic E-state index is 0.327. The Hall–Kier alpha value is -1.71. The average molecular weight is 221 g/mol. The van der Waals surface area contributed by atoms with Crippen molar-refractivity contribution >= 4 is 17.1 Å². The fourth-order valence-electron chi connectivity index (χ4n) is 1.42. The van der Waals surface area contributed by atoms with Crippen molar-refractivity contribution in [2.45, 2.75) is 20.3 Å². The predicted octanol–water partition coefficient (Wildman–Crippen LogP) is 2.96. The number of nitrogens with one attached hydrogen (secondary N) is 1. The monoisotopic (exact) mass is 221 g/mol. The lowest BCUT2D eigenvalue weighted by Gasteiger charge is -2.05. The van der Waals surface area contributed by atoms with Gasteiger partial charge in [-0.2, -0.15) is 0 Å². The molecular formula is C12H15NO3. The third-order valence-corrected chi connectivity index (χ3v) is 2.39. The van der Waals surface area contributed by atoms with E-state index in [1.165, 1.54) is 0 Å². The van der Waals surface area contributed by atoms with Gasteiger partial charge in [-0.15, -0.1) is 0 Å². The quantitative estimate of drug-likeness (QED) is 0.807. The van der Waals surface area contributed by atoms with Crippen LogP contribution in [0.15, 0.2) is 22.8 Å². The van der Waals surface area contributed by atoms with E-state index in [0.717, 1.165) is 11.9 Å². The van der Waals surface area contributed by atoms with E-state index in [1.54, 1.807) is 18.4 Å². The zero-order valence-corrected chi connectivity index (χ0v) is 9.45. The first-order valence-corrected chi connectivity index (χ1v) is 5.40. The van der Waals surface area contributed by atoms with E-state index in [1.807, 2.05) is 0 Å². The molecule has 2 heterocycles. The van der Waals surface area contributed by atoms with Gasteiger partial charge in [0.15, 0.2) is 5.58 Å². The van der Waals surface area contributed by atoms with Crippen LogP contribution in [0.2, 0.25) is 0 Å². The van der Waals surface area contributed by atoms with Crippen molar-refractivity contribution in [2.75, 3.05) is 6.61 Å². The zero-order chi connectivity index (χ0) is 11.5. The molecule has 0 unspecified atom stereocenters. The molecule has 16 heavy (non-hydrogen) atoms. The zero-order valence-electron chi connectivity index (χ0n) is 9.45. The Kier molecular flexibility index (Phi) is 2.99. The Bertz CT molecular complexity index is 453. The van der Waals surface area contributed by atoms with Gasteiger partial charge in [-0.3, -0.25) is 0 Å². The van der Waals surface area contributed by atoms with Crippen LogP contribution in [-0.2, 0) is 4.74 Å². The molecule has 1 N–H and O–H groups in total. The standard InChI is InChI=1S/C12H15NO3/c1-8(2)3-5-16-12(14)10-7-11-9(13-10)4-6-15-11/h4,6-8,13H,3,5H2,1-2H3. The van der Waals surface area contributed by atoms with Gasteiger partial charge in [0.05, 0.1) is 18.4 Å². The summed E-state index contributed by atoms with van der Waals surface area (Å²) in [6, 6.07) is 3.44. The summed E-state index contributed by atoms with van der Waals surface area (Å²) < 4.78 is 10.3. The number of fused-ring (bicyclic) bond motifs is 1. The molecule has 86 valence electrons. The number of hydrogen-bond acceptors (Lipinski definition) is 3. The largest absolute Gasteiger partial charge is 0.463 e.